The van der Waals surface area contributed by atoms with Gasteiger partial charge < -0.3 is 5.32 Å². The third-order valence-corrected chi connectivity index (χ3v) is 2.88. The maximum atomic E-state index is 3.43. The van der Waals surface area contributed by atoms with Crippen LogP contribution in [0.3, 0.4) is 0 Å². The molecule has 1 N–H and O–H groups in total. The highest BCUT2D eigenvalue weighted by Gasteiger charge is 1.94. The molecular weight excluding hydrogens is 190 g/mol. The molecule has 0 fully saturated rings. The van der Waals surface area contributed by atoms with Crippen molar-refractivity contribution in [2.24, 2.45) is 0 Å². The summed E-state index contributed by atoms with van der Waals surface area (Å²) in [6.07, 6.45) is 2.49. The lowest BCUT2D eigenvalue weighted by Crippen LogP contribution is -2.00. The van der Waals surface area contributed by atoms with Crippen molar-refractivity contribution in [3.8, 4) is 0 Å². The van der Waals surface area contributed by atoms with E-state index >= 15 is 0 Å². The molecule has 14 heavy (non-hydrogen) atoms. The number of nitrogens with one attached hydrogen (secondary N) is 1. The third-order valence-electron chi connectivity index (χ3n) is 2.00. The number of anilines is 1. The van der Waals surface area contributed by atoms with Crippen molar-refractivity contribution in [3.05, 3.63) is 24.3 Å². The topological polar surface area (TPSA) is 12.0 Å². The minimum atomic E-state index is 1.08. The minimum Gasteiger partial charge on any atom is -0.385 e. The molecule has 1 aromatic rings. The van der Waals surface area contributed by atoms with Crippen LogP contribution in [0.4, 0.5) is 5.69 Å². The van der Waals surface area contributed by atoms with Crippen LogP contribution in [-0.4, -0.2) is 12.3 Å². The molecule has 0 atom stereocenters. The Bertz CT molecular complexity index is 260. The quantitative estimate of drug-likeness (QED) is 0.561. The molecule has 0 bridgehead atoms. The standard InChI is InChI=1S/C12H19NS/c1-3-5-9-13-11-7-6-8-12(10-11)14-4-2/h6-8,10,13H,3-5,9H2,1-2H3. The molecule has 0 aliphatic rings. The SMILES string of the molecule is CCCCNc1cccc(SCC)c1. The molecule has 2 heteroatoms. The van der Waals surface area contributed by atoms with Gasteiger partial charge in [0.1, 0.15) is 0 Å². The largest absolute Gasteiger partial charge is 0.385 e. The van der Waals surface area contributed by atoms with E-state index in [2.05, 4.69) is 43.4 Å². The molecule has 1 rings (SSSR count). The van der Waals surface area contributed by atoms with Crippen LogP contribution in [0.5, 0.6) is 0 Å². The van der Waals surface area contributed by atoms with Gasteiger partial charge in [0.05, 0.1) is 0 Å². The molecule has 0 amide bonds. The van der Waals surface area contributed by atoms with Gasteiger partial charge in [0, 0.05) is 17.1 Å². The highest BCUT2D eigenvalue weighted by molar-refractivity contribution is 7.99. The first kappa shape index (κ1) is 11.4. The Balaban J connectivity index is 2.46. The van der Waals surface area contributed by atoms with Gasteiger partial charge in [-0.2, -0.15) is 0 Å². The summed E-state index contributed by atoms with van der Waals surface area (Å²) < 4.78 is 0. The third kappa shape index (κ3) is 4.05. The smallest absolute Gasteiger partial charge is 0.0351 e. The molecule has 0 aromatic heterocycles. The van der Waals surface area contributed by atoms with Crippen LogP contribution in [0, 0.1) is 0 Å². The number of thioether (sulfide) groups is 1. The van der Waals surface area contributed by atoms with Gasteiger partial charge in [0.25, 0.3) is 0 Å². The van der Waals surface area contributed by atoms with Crippen LogP contribution in [0.2, 0.25) is 0 Å². The van der Waals surface area contributed by atoms with Gasteiger partial charge in [0.2, 0.25) is 0 Å². The zero-order valence-electron chi connectivity index (χ0n) is 9.05. The van der Waals surface area contributed by atoms with E-state index in [1.807, 2.05) is 11.8 Å². The van der Waals surface area contributed by atoms with Crippen LogP contribution in [-0.2, 0) is 0 Å². The first-order valence-electron chi connectivity index (χ1n) is 5.33. The summed E-state index contributed by atoms with van der Waals surface area (Å²) in [6.45, 7) is 5.48. The predicted molar refractivity (Wildman–Crippen MR) is 66.2 cm³/mol. The van der Waals surface area contributed by atoms with Gasteiger partial charge in [-0.25, -0.2) is 0 Å². The minimum absolute atomic E-state index is 1.08. The lowest BCUT2D eigenvalue weighted by molar-refractivity contribution is 0.834. The molecule has 1 aromatic carbocycles. The van der Waals surface area contributed by atoms with E-state index in [1.165, 1.54) is 23.4 Å². The molecule has 78 valence electrons. The summed E-state index contributed by atoms with van der Waals surface area (Å²) in [5.74, 6) is 1.14. The fraction of sp³-hybridized carbons (Fsp3) is 0.500. The van der Waals surface area contributed by atoms with Gasteiger partial charge in [-0.3, -0.25) is 0 Å². The van der Waals surface area contributed by atoms with Gasteiger partial charge in [0.15, 0.2) is 0 Å². The summed E-state index contributed by atoms with van der Waals surface area (Å²) in [4.78, 5) is 1.36. The Morgan fingerprint density at radius 3 is 2.86 bits per heavy atom. The van der Waals surface area contributed by atoms with Gasteiger partial charge >= 0.3 is 0 Å². The summed E-state index contributed by atoms with van der Waals surface area (Å²) in [5, 5.41) is 3.43. The first-order chi connectivity index (χ1) is 6.86. The normalized spacial score (nSPS) is 10.1. The monoisotopic (exact) mass is 209 g/mol. The molecule has 0 heterocycles. The van der Waals surface area contributed by atoms with Gasteiger partial charge in [-0.1, -0.05) is 26.3 Å². The number of hydrogen-bond acceptors (Lipinski definition) is 2. The average molecular weight is 209 g/mol. The number of benzene rings is 1. The highest BCUT2D eigenvalue weighted by atomic mass is 32.2. The Morgan fingerprint density at radius 2 is 2.14 bits per heavy atom. The Kier molecular flexibility index (Phi) is 5.53. The summed E-state index contributed by atoms with van der Waals surface area (Å²) in [5.41, 5.74) is 1.25. The molecule has 0 saturated carbocycles. The zero-order chi connectivity index (χ0) is 10.2. The summed E-state index contributed by atoms with van der Waals surface area (Å²) in [6, 6.07) is 8.64. The van der Waals surface area contributed by atoms with Crippen molar-refractivity contribution in [3.63, 3.8) is 0 Å². The maximum Gasteiger partial charge on any atom is 0.0351 e. The van der Waals surface area contributed by atoms with Crippen molar-refractivity contribution >= 4 is 17.4 Å². The van der Waals surface area contributed by atoms with Crippen molar-refractivity contribution in [2.75, 3.05) is 17.6 Å². The van der Waals surface area contributed by atoms with E-state index in [0.29, 0.717) is 0 Å². The van der Waals surface area contributed by atoms with E-state index in [-0.39, 0.29) is 0 Å². The average Bonchev–Trinajstić information content (AvgIpc) is 2.19. The number of rotatable bonds is 6. The lowest BCUT2D eigenvalue weighted by Gasteiger charge is -2.06. The molecule has 0 aliphatic heterocycles. The van der Waals surface area contributed by atoms with E-state index in [0.717, 1.165) is 12.3 Å². The van der Waals surface area contributed by atoms with Crippen LogP contribution in [0.1, 0.15) is 26.7 Å². The van der Waals surface area contributed by atoms with Crippen molar-refractivity contribution in [1.82, 2.24) is 0 Å². The van der Waals surface area contributed by atoms with Crippen LogP contribution in [0.25, 0.3) is 0 Å². The highest BCUT2D eigenvalue weighted by Crippen LogP contribution is 2.20. The predicted octanol–water partition coefficient (Wildman–Crippen LogP) is 4.01. The second-order valence-corrected chi connectivity index (χ2v) is 4.58. The molecule has 0 radical (unpaired) electrons. The fourth-order valence-electron chi connectivity index (χ4n) is 1.27. The van der Waals surface area contributed by atoms with E-state index in [9.17, 15) is 0 Å². The van der Waals surface area contributed by atoms with Crippen LogP contribution in [0.15, 0.2) is 29.2 Å². The van der Waals surface area contributed by atoms with Crippen LogP contribution >= 0.6 is 11.8 Å². The van der Waals surface area contributed by atoms with E-state index < -0.39 is 0 Å². The lowest BCUT2D eigenvalue weighted by atomic mass is 10.3. The molecule has 0 unspecified atom stereocenters. The number of hydrogen-bond donors (Lipinski definition) is 1. The Morgan fingerprint density at radius 1 is 1.29 bits per heavy atom. The van der Waals surface area contributed by atoms with Crippen molar-refractivity contribution in [2.45, 2.75) is 31.6 Å². The maximum absolute atomic E-state index is 3.43. The molecular formula is C12H19NS. The fourth-order valence-corrected chi connectivity index (χ4v) is 1.99. The van der Waals surface area contributed by atoms with Crippen molar-refractivity contribution in [1.29, 1.82) is 0 Å². The Labute approximate surface area is 91.3 Å². The molecule has 0 saturated heterocycles. The molecule has 1 nitrogen and oxygen atoms in total. The first-order valence-corrected chi connectivity index (χ1v) is 6.32. The van der Waals surface area contributed by atoms with Gasteiger partial charge in [-0.05, 0) is 30.4 Å². The van der Waals surface area contributed by atoms with E-state index in [4.69, 9.17) is 0 Å². The number of unbranched alkanes of at least 4 members (excludes halogenated alkanes) is 1. The van der Waals surface area contributed by atoms with E-state index in [1.54, 1.807) is 0 Å². The summed E-state index contributed by atoms with van der Waals surface area (Å²) in [7, 11) is 0. The molecule has 0 spiro atoms. The van der Waals surface area contributed by atoms with Crippen LogP contribution < -0.4 is 5.32 Å². The Hall–Kier alpha value is -0.630. The zero-order valence-corrected chi connectivity index (χ0v) is 9.86. The second kappa shape index (κ2) is 6.77. The molecule has 0 aliphatic carbocycles. The van der Waals surface area contributed by atoms with Crippen molar-refractivity contribution < 1.29 is 0 Å². The van der Waals surface area contributed by atoms with Gasteiger partial charge in [-0.15, -0.1) is 11.8 Å². The second-order valence-electron chi connectivity index (χ2n) is 3.24. The summed E-state index contributed by atoms with van der Waals surface area (Å²) >= 11 is 1.89.